The molecule has 19 heavy (non-hydrogen) atoms. The topological polar surface area (TPSA) is 55.1 Å². The van der Waals surface area contributed by atoms with Crippen LogP contribution in [0.4, 0.5) is 0 Å². The van der Waals surface area contributed by atoms with Crippen molar-refractivity contribution >= 4 is 28.8 Å². The van der Waals surface area contributed by atoms with E-state index in [1.807, 2.05) is 13.8 Å². The van der Waals surface area contributed by atoms with Crippen molar-refractivity contribution < 1.29 is 9.21 Å². The number of aryl methyl sites for hydroxylation is 1. The van der Waals surface area contributed by atoms with Gasteiger partial charge in [-0.25, -0.2) is 4.98 Å². The third kappa shape index (κ3) is 3.36. The molecule has 1 N–H and O–H groups in total. The SMILES string of the molecule is Cc1ncc(C(C)NC(=O)c2ccc(C(C)Cl)o2)s1. The fourth-order valence-corrected chi connectivity index (χ4v) is 2.51. The molecule has 2 rings (SSSR count). The minimum Gasteiger partial charge on any atom is -0.454 e. The van der Waals surface area contributed by atoms with Crippen LogP contribution in [0.1, 0.15) is 51.5 Å². The van der Waals surface area contributed by atoms with E-state index in [-0.39, 0.29) is 23.1 Å². The summed E-state index contributed by atoms with van der Waals surface area (Å²) < 4.78 is 5.39. The molecular weight excluding hydrogens is 284 g/mol. The maximum absolute atomic E-state index is 12.0. The summed E-state index contributed by atoms with van der Waals surface area (Å²) in [5.74, 6) is 0.616. The molecule has 0 aliphatic rings. The predicted molar refractivity (Wildman–Crippen MR) is 75.7 cm³/mol. The van der Waals surface area contributed by atoms with Crippen molar-refractivity contribution in [1.29, 1.82) is 0 Å². The van der Waals surface area contributed by atoms with Gasteiger partial charge in [0.1, 0.15) is 5.76 Å². The fourth-order valence-electron chi connectivity index (χ4n) is 1.61. The van der Waals surface area contributed by atoms with Crippen LogP contribution in [-0.2, 0) is 0 Å². The monoisotopic (exact) mass is 298 g/mol. The largest absolute Gasteiger partial charge is 0.454 e. The summed E-state index contributed by atoms with van der Waals surface area (Å²) in [7, 11) is 0. The maximum atomic E-state index is 12.0. The standard InChI is InChI=1S/C13H15ClN2O2S/c1-7(14)10-4-5-11(18-10)13(17)16-8(2)12-6-15-9(3)19-12/h4-8H,1-3H3,(H,16,17). The Morgan fingerprint density at radius 2 is 2.21 bits per heavy atom. The number of amides is 1. The molecule has 0 aliphatic carbocycles. The van der Waals surface area contributed by atoms with Crippen LogP contribution >= 0.6 is 22.9 Å². The van der Waals surface area contributed by atoms with E-state index >= 15 is 0 Å². The van der Waals surface area contributed by atoms with E-state index in [9.17, 15) is 4.79 Å². The van der Waals surface area contributed by atoms with E-state index in [0.717, 1.165) is 9.88 Å². The van der Waals surface area contributed by atoms with Gasteiger partial charge in [0.2, 0.25) is 0 Å². The highest BCUT2D eigenvalue weighted by atomic mass is 35.5. The van der Waals surface area contributed by atoms with Crippen molar-refractivity contribution in [2.24, 2.45) is 0 Å². The predicted octanol–water partition coefficient (Wildman–Crippen LogP) is 3.84. The third-order valence-corrected chi connectivity index (χ3v) is 3.97. The number of carbonyl (C=O) groups is 1. The van der Waals surface area contributed by atoms with Crippen LogP contribution in [0.3, 0.4) is 0 Å². The molecule has 2 aromatic rings. The highest BCUT2D eigenvalue weighted by Crippen LogP contribution is 2.23. The van der Waals surface area contributed by atoms with Crippen LogP contribution in [0.25, 0.3) is 0 Å². The molecule has 0 saturated heterocycles. The second-order valence-electron chi connectivity index (χ2n) is 4.29. The molecule has 2 aromatic heterocycles. The molecule has 0 saturated carbocycles. The molecule has 2 heterocycles. The number of thiazole rings is 1. The van der Waals surface area contributed by atoms with Gasteiger partial charge in [0, 0.05) is 11.1 Å². The molecular formula is C13H15ClN2O2S. The Kier molecular flexibility index (Phi) is 4.27. The Balaban J connectivity index is 2.04. The average Bonchev–Trinajstić information content (AvgIpc) is 2.96. The normalized spacial score (nSPS) is 14.1. The van der Waals surface area contributed by atoms with Crippen molar-refractivity contribution in [3.8, 4) is 0 Å². The number of halogens is 1. The van der Waals surface area contributed by atoms with Gasteiger partial charge in [-0.15, -0.1) is 22.9 Å². The van der Waals surface area contributed by atoms with Gasteiger partial charge in [0.25, 0.3) is 5.91 Å². The number of furan rings is 1. The second-order valence-corrected chi connectivity index (χ2v) is 6.22. The summed E-state index contributed by atoms with van der Waals surface area (Å²) in [6, 6.07) is 3.25. The Morgan fingerprint density at radius 3 is 2.74 bits per heavy atom. The molecule has 102 valence electrons. The van der Waals surface area contributed by atoms with E-state index in [1.165, 1.54) is 0 Å². The zero-order valence-corrected chi connectivity index (χ0v) is 12.5. The van der Waals surface area contributed by atoms with Gasteiger partial charge in [-0.3, -0.25) is 4.79 Å². The van der Waals surface area contributed by atoms with Crippen LogP contribution in [0, 0.1) is 6.92 Å². The minimum atomic E-state index is -0.248. The Morgan fingerprint density at radius 1 is 1.47 bits per heavy atom. The summed E-state index contributed by atoms with van der Waals surface area (Å²) in [6.07, 6.45) is 1.78. The van der Waals surface area contributed by atoms with E-state index in [0.29, 0.717) is 5.76 Å². The molecule has 1 amide bonds. The maximum Gasteiger partial charge on any atom is 0.287 e. The summed E-state index contributed by atoms with van der Waals surface area (Å²) in [5, 5.41) is 3.60. The third-order valence-electron chi connectivity index (χ3n) is 2.66. The first-order valence-electron chi connectivity index (χ1n) is 5.94. The highest BCUT2D eigenvalue weighted by molar-refractivity contribution is 7.11. The van der Waals surface area contributed by atoms with Gasteiger partial charge in [-0.1, -0.05) is 0 Å². The molecule has 2 unspecified atom stereocenters. The van der Waals surface area contributed by atoms with Gasteiger partial charge < -0.3 is 9.73 Å². The molecule has 0 aliphatic heterocycles. The molecule has 6 heteroatoms. The quantitative estimate of drug-likeness (QED) is 0.873. The summed E-state index contributed by atoms with van der Waals surface area (Å²) in [5.41, 5.74) is 0. The molecule has 0 fully saturated rings. The zero-order chi connectivity index (χ0) is 14.0. The van der Waals surface area contributed by atoms with Gasteiger partial charge in [0.05, 0.1) is 16.4 Å². The number of alkyl halides is 1. The molecule has 0 bridgehead atoms. The van der Waals surface area contributed by atoms with E-state index in [1.54, 1.807) is 36.6 Å². The molecule has 0 radical (unpaired) electrons. The smallest absolute Gasteiger partial charge is 0.287 e. The van der Waals surface area contributed by atoms with Gasteiger partial charge in [-0.05, 0) is 32.9 Å². The summed E-state index contributed by atoms with van der Waals surface area (Å²) >= 11 is 7.46. The lowest BCUT2D eigenvalue weighted by Crippen LogP contribution is -2.25. The van der Waals surface area contributed by atoms with Gasteiger partial charge in [0.15, 0.2) is 5.76 Å². The first-order chi connectivity index (χ1) is 8.97. The number of hydrogen-bond donors (Lipinski definition) is 1. The molecule has 0 aromatic carbocycles. The number of carbonyl (C=O) groups excluding carboxylic acids is 1. The number of hydrogen-bond acceptors (Lipinski definition) is 4. The zero-order valence-electron chi connectivity index (χ0n) is 10.9. The average molecular weight is 299 g/mol. The number of nitrogens with zero attached hydrogens (tertiary/aromatic N) is 1. The van der Waals surface area contributed by atoms with Crippen LogP contribution in [-0.4, -0.2) is 10.9 Å². The first-order valence-corrected chi connectivity index (χ1v) is 7.19. The van der Waals surface area contributed by atoms with Crippen molar-refractivity contribution in [2.45, 2.75) is 32.2 Å². The van der Waals surface area contributed by atoms with Crippen LogP contribution in [0.2, 0.25) is 0 Å². The summed E-state index contributed by atoms with van der Waals surface area (Å²) in [4.78, 5) is 17.2. The number of nitrogens with one attached hydrogen (secondary N) is 1. The highest BCUT2D eigenvalue weighted by Gasteiger charge is 2.17. The van der Waals surface area contributed by atoms with Crippen molar-refractivity contribution in [3.63, 3.8) is 0 Å². The van der Waals surface area contributed by atoms with Gasteiger partial charge in [-0.2, -0.15) is 0 Å². The van der Waals surface area contributed by atoms with Crippen LogP contribution in [0.5, 0.6) is 0 Å². The Labute approximate surface area is 120 Å². The lowest BCUT2D eigenvalue weighted by molar-refractivity contribution is 0.0910. The van der Waals surface area contributed by atoms with Crippen LogP contribution < -0.4 is 5.32 Å². The second kappa shape index (κ2) is 5.75. The summed E-state index contributed by atoms with van der Waals surface area (Å²) in [6.45, 7) is 5.65. The van der Waals surface area contributed by atoms with E-state index in [2.05, 4.69) is 10.3 Å². The van der Waals surface area contributed by atoms with E-state index in [4.69, 9.17) is 16.0 Å². The molecule has 4 nitrogen and oxygen atoms in total. The van der Waals surface area contributed by atoms with Crippen molar-refractivity contribution in [3.05, 3.63) is 39.7 Å². The first kappa shape index (κ1) is 14.1. The number of rotatable bonds is 4. The lowest BCUT2D eigenvalue weighted by atomic mass is 10.3. The van der Waals surface area contributed by atoms with Crippen molar-refractivity contribution in [2.75, 3.05) is 0 Å². The minimum absolute atomic E-state index is 0.0966. The van der Waals surface area contributed by atoms with Crippen LogP contribution in [0.15, 0.2) is 22.7 Å². The number of aromatic nitrogens is 1. The Hall–Kier alpha value is -1.33. The van der Waals surface area contributed by atoms with Crippen molar-refractivity contribution in [1.82, 2.24) is 10.3 Å². The fraction of sp³-hybridized carbons (Fsp3) is 0.385. The Bertz CT molecular complexity index is 577. The molecule has 0 spiro atoms. The van der Waals surface area contributed by atoms with E-state index < -0.39 is 0 Å². The lowest BCUT2D eigenvalue weighted by Gasteiger charge is -2.10. The van der Waals surface area contributed by atoms with Gasteiger partial charge >= 0.3 is 0 Å². The molecule has 2 atom stereocenters.